The fourth-order valence-corrected chi connectivity index (χ4v) is 2.90. The van der Waals surface area contributed by atoms with Crippen LogP contribution < -0.4 is 10.6 Å². The van der Waals surface area contributed by atoms with Gasteiger partial charge in [0.15, 0.2) is 5.96 Å². The van der Waals surface area contributed by atoms with Crippen molar-refractivity contribution < 1.29 is 4.74 Å². The molecule has 0 aliphatic heterocycles. The normalized spacial score (nSPS) is 16.0. The molecule has 4 nitrogen and oxygen atoms in total. The van der Waals surface area contributed by atoms with E-state index in [0.29, 0.717) is 0 Å². The van der Waals surface area contributed by atoms with E-state index >= 15 is 0 Å². The Bertz CT molecular complexity index is 438. The smallest absolute Gasteiger partial charge is 0.191 e. The number of hydrogen-bond acceptors (Lipinski definition) is 3. The third-order valence-corrected chi connectivity index (χ3v) is 4.93. The van der Waals surface area contributed by atoms with Gasteiger partial charge in [0.2, 0.25) is 0 Å². The van der Waals surface area contributed by atoms with Crippen LogP contribution in [0.5, 0.6) is 0 Å². The van der Waals surface area contributed by atoms with E-state index in [1.807, 2.05) is 0 Å². The molecule has 1 aliphatic rings. The highest BCUT2D eigenvalue weighted by molar-refractivity contribution is 7.10. The second kappa shape index (κ2) is 7.80. The Morgan fingerprint density at radius 3 is 2.86 bits per heavy atom. The number of hydrogen-bond donors (Lipinski definition) is 2. The summed E-state index contributed by atoms with van der Waals surface area (Å²) < 4.78 is 5.61. The number of ether oxygens (including phenoxy) is 1. The average Bonchev–Trinajstić information content (AvgIpc) is 3.11. The Kier molecular flexibility index (Phi) is 6.06. The number of rotatable bonds is 8. The van der Waals surface area contributed by atoms with Crippen molar-refractivity contribution in [1.29, 1.82) is 0 Å². The van der Waals surface area contributed by atoms with Crippen LogP contribution in [0.1, 0.15) is 31.6 Å². The van der Waals surface area contributed by atoms with Crippen LogP contribution in [-0.2, 0) is 10.2 Å². The van der Waals surface area contributed by atoms with Gasteiger partial charge in [-0.2, -0.15) is 0 Å². The molecule has 1 aliphatic carbocycles. The van der Waals surface area contributed by atoms with Crippen LogP contribution in [0.25, 0.3) is 0 Å². The molecule has 5 heteroatoms. The molecule has 1 aromatic heterocycles. The van der Waals surface area contributed by atoms with E-state index in [9.17, 15) is 0 Å². The van der Waals surface area contributed by atoms with E-state index in [1.54, 1.807) is 18.4 Å². The lowest BCUT2D eigenvalue weighted by atomic mass is 9.91. The van der Waals surface area contributed by atoms with Gasteiger partial charge in [0.1, 0.15) is 0 Å². The second-order valence-corrected chi connectivity index (χ2v) is 7.18. The highest BCUT2D eigenvalue weighted by atomic mass is 32.1. The highest BCUT2D eigenvalue weighted by Crippen LogP contribution is 2.28. The standard InChI is InChI=1S/C16H27N3OS/c1-16(2,14-5-4-10-21-14)12-19-15(17-3)18-8-9-20-11-13-6-7-13/h4-5,10,13H,6-9,11-12H2,1-3H3,(H2,17,18,19). The Morgan fingerprint density at radius 1 is 1.43 bits per heavy atom. The molecule has 1 heterocycles. The van der Waals surface area contributed by atoms with Crippen molar-refractivity contribution in [3.05, 3.63) is 22.4 Å². The van der Waals surface area contributed by atoms with Crippen LogP contribution in [0.15, 0.2) is 22.5 Å². The number of nitrogens with zero attached hydrogens (tertiary/aromatic N) is 1. The summed E-state index contributed by atoms with van der Waals surface area (Å²) >= 11 is 1.80. The van der Waals surface area contributed by atoms with Crippen molar-refractivity contribution in [3.63, 3.8) is 0 Å². The molecule has 0 spiro atoms. The monoisotopic (exact) mass is 309 g/mol. The molecule has 0 radical (unpaired) electrons. The lowest BCUT2D eigenvalue weighted by molar-refractivity contribution is 0.129. The first kappa shape index (κ1) is 16.3. The number of aliphatic imine (C=N–C) groups is 1. The summed E-state index contributed by atoms with van der Waals surface area (Å²) in [7, 11) is 1.80. The molecule has 2 rings (SSSR count). The first-order valence-corrected chi connectivity index (χ1v) is 8.56. The zero-order valence-corrected chi connectivity index (χ0v) is 14.1. The van der Waals surface area contributed by atoms with Gasteiger partial charge in [-0.3, -0.25) is 4.99 Å². The van der Waals surface area contributed by atoms with Crippen LogP contribution in [0, 0.1) is 5.92 Å². The summed E-state index contributed by atoms with van der Waals surface area (Å²) in [5.41, 5.74) is 0.105. The van der Waals surface area contributed by atoms with Gasteiger partial charge in [0.05, 0.1) is 6.61 Å². The quantitative estimate of drug-likeness (QED) is 0.441. The summed E-state index contributed by atoms with van der Waals surface area (Å²) in [6.07, 6.45) is 2.68. The zero-order chi connectivity index (χ0) is 15.1. The molecule has 1 fully saturated rings. The largest absolute Gasteiger partial charge is 0.379 e. The number of nitrogens with one attached hydrogen (secondary N) is 2. The fourth-order valence-electron chi connectivity index (χ4n) is 2.05. The van der Waals surface area contributed by atoms with E-state index in [4.69, 9.17) is 4.74 Å². The molecular weight excluding hydrogens is 282 g/mol. The summed E-state index contributed by atoms with van der Waals surface area (Å²) in [5, 5.41) is 8.83. The molecule has 0 saturated heterocycles. The maximum Gasteiger partial charge on any atom is 0.191 e. The minimum absolute atomic E-state index is 0.105. The molecule has 0 amide bonds. The van der Waals surface area contributed by atoms with E-state index < -0.39 is 0 Å². The van der Waals surface area contributed by atoms with Crippen LogP contribution in [0.4, 0.5) is 0 Å². The van der Waals surface area contributed by atoms with E-state index in [2.05, 4.69) is 47.0 Å². The highest BCUT2D eigenvalue weighted by Gasteiger charge is 2.22. The van der Waals surface area contributed by atoms with Crippen molar-refractivity contribution in [2.75, 3.05) is 33.4 Å². The average molecular weight is 309 g/mol. The minimum Gasteiger partial charge on any atom is -0.379 e. The van der Waals surface area contributed by atoms with Gasteiger partial charge in [-0.25, -0.2) is 0 Å². The van der Waals surface area contributed by atoms with Gasteiger partial charge in [-0.1, -0.05) is 19.9 Å². The maximum absolute atomic E-state index is 5.61. The molecule has 0 atom stereocenters. The Hall–Kier alpha value is -1.07. The van der Waals surface area contributed by atoms with Gasteiger partial charge >= 0.3 is 0 Å². The Labute approximate surface area is 132 Å². The molecule has 2 N–H and O–H groups in total. The number of guanidine groups is 1. The lowest BCUT2D eigenvalue weighted by Crippen LogP contribution is -2.44. The van der Waals surface area contributed by atoms with Crippen LogP contribution in [-0.4, -0.2) is 39.3 Å². The maximum atomic E-state index is 5.61. The summed E-state index contributed by atoms with van der Waals surface area (Å²) in [4.78, 5) is 5.65. The lowest BCUT2D eigenvalue weighted by Gasteiger charge is -2.25. The second-order valence-electron chi connectivity index (χ2n) is 6.23. The molecule has 0 bridgehead atoms. The van der Waals surface area contributed by atoms with E-state index in [1.165, 1.54) is 17.7 Å². The summed E-state index contributed by atoms with van der Waals surface area (Å²) in [5.74, 6) is 1.67. The SMILES string of the molecule is CN=C(NCCOCC1CC1)NCC(C)(C)c1cccs1. The molecule has 1 aromatic rings. The predicted octanol–water partition coefficient (Wildman–Crippen LogP) is 2.62. The third-order valence-electron chi connectivity index (χ3n) is 3.70. The first-order chi connectivity index (χ1) is 10.1. The molecule has 0 unspecified atom stereocenters. The predicted molar refractivity (Wildman–Crippen MR) is 90.3 cm³/mol. The van der Waals surface area contributed by atoms with Gasteiger partial charge < -0.3 is 15.4 Å². The summed E-state index contributed by atoms with van der Waals surface area (Å²) in [6.45, 7) is 7.81. The van der Waals surface area contributed by atoms with Gasteiger partial charge in [-0.05, 0) is 30.2 Å². The van der Waals surface area contributed by atoms with Crippen molar-refractivity contribution in [2.24, 2.45) is 10.9 Å². The Morgan fingerprint density at radius 2 is 2.24 bits per heavy atom. The van der Waals surface area contributed by atoms with Crippen LogP contribution in [0.2, 0.25) is 0 Å². The third kappa shape index (κ3) is 5.67. The number of thiophene rings is 1. The minimum atomic E-state index is 0.105. The first-order valence-electron chi connectivity index (χ1n) is 7.68. The molecule has 1 saturated carbocycles. The van der Waals surface area contributed by atoms with Crippen molar-refractivity contribution in [1.82, 2.24) is 10.6 Å². The molecule has 118 valence electrons. The van der Waals surface area contributed by atoms with Gasteiger partial charge in [-0.15, -0.1) is 11.3 Å². The van der Waals surface area contributed by atoms with Crippen LogP contribution in [0.3, 0.4) is 0 Å². The topological polar surface area (TPSA) is 45.7 Å². The molecular formula is C16H27N3OS. The van der Waals surface area contributed by atoms with E-state index in [0.717, 1.165) is 38.2 Å². The summed E-state index contributed by atoms with van der Waals surface area (Å²) in [6, 6.07) is 4.29. The van der Waals surface area contributed by atoms with Crippen molar-refractivity contribution >= 4 is 17.3 Å². The molecule has 21 heavy (non-hydrogen) atoms. The van der Waals surface area contributed by atoms with Crippen molar-refractivity contribution in [2.45, 2.75) is 32.1 Å². The Balaban J connectivity index is 1.64. The fraction of sp³-hybridized carbons (Fsp3) is 0.688. The van der Waals surface area contributed by atoms with Gasteiger partial charge in [0.25, 0.3) is 0 Å². The van der Waals surface area contributed by atoms with Crippen LogP contribution >= 0.6 is 11.3 Å². The zero-order valence-electron chi connectivity index (χ0n) is 13.3. The molecule has 0 aromatic carbocycles. The van der Waals surface area contributed by atoms with E-state index in [-0.39, 0.29) is 5.41 Å². The van der Waals surface area contributed by atoms with Gasteiger partial charge in [0, 0.05) is 37.0 Å². The van der Waals surface area contributed by atoms with Crippen molar-refractivity contribution in [3.8, 4) is 0 Å².